The third-order valence-corrected chi connectivity index (χ3v) is 1.17. The van der Waals surface area contributed by atoms with E-state index in [1.807, 2.05) is 6.92 Å². The zero-order chi connectivity index (χ0) is 7.56. The summed E-state index contributed by atoms with van der Waals surface area (Å²) >= 11 is 0. The van der Waals surface area contributed by atoms with Gasteiger partial charge in [0.1, 0.15) is 0 Å². The first-order valence-corrected chi connectivity index (χ1v) is 3.39. The minimum Gasteiger partial charge on any atom is -0.416 e. The van der Waals surface area contributed by atoms with Crippen LogP contribution in [0.15, 0.2) is 0 Å². The smallest absolute Gasteiger partial charge is 0.416 e. The number of rotatable bonds is 2. The van der Waals surface area contributed by atoms with Gasteiger partial charge in [0.15, 0.2) is 0 Å². The van der Waals surface area contributed by atoms with Gasteiger partial charge in [0.25, 0.3) is 0 Å². The van der Waals surface area contributed by atoms with Gasteiger partial charge in [-0.25, -0.2) is 9.63 Å². The van der Waals surface area contributed by atoms with Crippen molar-refractivity contribution < 1.29 is 14.4 Å². The van der Waals surface area contributed by atoms with Crippen molar-refractivity contribution in [3.63, 3.8) is 0 Å². The van der Waals surface area contributed by atoms with E-state index in [1.165, 1.54) is 5.06 Å². The van der Waals surface area contributed by atoms with E-state index in [9.17, 15) is 4.79 Å². The Morgan fingerprint density at radius 3 is 2.80 bits per heavy atom. The summed E-state index contributed by atoms with van der Waals surface area (Å²) in [5.74, 6) is 0. The maximum absolute atomic E-state index is 10.8. The lowest BCUT2D eigenvalue weighted by Crippen LogP contribution is -2.23. The zero-order valence-electron chi connectivity index (χ0n) is 6.16. The number of carbonyl (C=O) groups excluding carboxylic acids is 1. The topological polar surface area (TPSA) is 38.8 Å². The van der Waals surface area contributed by atoms with E-state index in [-0.39, 0.29) is 6.09 Å². The molecule has 10 heavy (non-hydrogen) atoms. The SMILES string of the molecule is CCCN1OC(C)OC1=O. The molecule has 0 bridgehead atoms. The van der Waals surface area contributed by atoms with Crippen LogP contribution in [0.25, 0.3) is 0 Å². The molecule has 0 aromatic rings. The second-order valence-corrected chi connectivity index (χ2v) is 2.16. The Morgan fingerprint density at radius 2 is 2.40 bits per heavy atom. The molecule has 0 radical (unpaired) electrons. The van der Waals surface area contributed by atoms with Gasteiger partial charge < -0.3 is 4.74 Å². The molecule has 0 aliphatic carbocycles. The summed E-state index contributed by atoms with van der Waals surface area (Å²) < 4.78 is 4.69. The average Bonchev–Trinajstić information content (AvgIpc) is 2.13. The van der Waals surface area contributed by atoms with Crippen molar-refractivity contribution in [3.05, 3.63) is 0 Å². The van der Waals surface area contributed by atoms with Gasteiger partial charge in [0.2, 0.25) is 6.29 Å². The molecule has 0 spiro atoms. The van der Waals surface area contributed by atoms with Crippen LogP contribution in [0.4, 0.5) is 4.79 Å². The van der Waals surface area contributed by atoms with Gasteiger partial charge in [-0.1, -0.05) is 6.92 Å². The normalized spacial score (nSPS) is 25.2. The predicted molar refractivity (Wildman–Crippen MR) is 34.0 cm³/mol. The molecular weight excluding hydrogens is 134 g/mol. The summed E-state index contributed by atoms with van der Waals surface area (Å²) in [6, 6.07) is 0. The molecule has 1 aliphatic rings. The van der Waals surface area contributed by atoms with Crippen LogP contribution >= 0.6 is 0 Å². The lowest BCUT2D eigenvalue weighted by atomic mass is 10.5. The summed E-state index contributed by atoms with van der Waals surface area (Å²) in [4.78, 5) is 15.7. The van der Waals surface area contributed by atoms with Crippen LogP contribution in [0, 0.1) is 0 Å². The van der Waals surface area contributed by atoms with E-state index in [0.29, 0.717) is 6.54 Å². The number of carbonyl (C=O) groups is 1. The van der Waals surface area contributed by atoms with E-state index in [4.69, 9.17) is 9.57 Å². The zero-order valence-corrected chi connectivity index (χ0v) is 6.16. The number of amides is 1. The van der Waals surface area contributed by atoms with Gasteiger partial charge in [-0.2, -0.15) is 5.06 Å². The van der Waals surface area contributed by atoms with Gasteiger partial charge in [-0.15, -0.1) is 0 Å². The van der Waals surface area contributed by atoms with Crippen LogP contribution in [0.3, 0.4) is 0 Å². The molecular formula is C6H11NO3. The Hall–Kier alpha value is -0.770. The highest BCUT2D eigenvalue weighted by Crippen LogP contribution is 2.11. The number of nitrogens with zero attached hydrogens (tertiary/aromatic N) is 1. The molecule has 1 amide bonds. The Bertz CT molecular complexity index is 137. The molecule has 0 aromatic heterocycles. The van der Waals surface area contributed by atoms with Gasteiger partial charge >= 0.3 is 6.09 Å². The lowest BCUT2D eigenvalue weighted by Gasteiger charge is -2.07. The molecule has 0 saturated carbocycles. The van der Waals surface area contributed by atoms with E-state index >= 15 is 0 Å². The summed E-state index contributed by atoms with van der Waals surface area (Å²) in [6.45, 7) is 4.26. The van der Waals surface area contributed by atoms with Crippen LogP contribution in [0.1, 0.15) is 20.3 Å². The molecule has 58 valence electrons. The van der Waals surface area contributed by atoms with Crippen LogP contribution in [-0.2, 0) is 9.57 Å². The van der Waals surface area contributed by atoms with E-state index in [0.717, 1.165) is 6.42 Å². The van der Waals surface area contributed by atoms with Gasteiger partial charge in [-0.05, 0) is 6.42 Å². The van der Waals surface area contributed by atoms with Gasteiger partial charge in [0, 0.05) is 6.92 Å². The summed E-state index contributed by atoms with van der Waals surface area (Å²) in [7, 11) is 0. The molecule has 1 fully saturated rings. The van der Waals surface area contributed by atoms with Crippen molar-refractivity contribution in [1.29, 1.82) is 0 Å². The number of hydrogen-bond donors (Lipinski definition) is 0. The molecule has 1 rings (SSSR count). The quantitative estimate of drug-likeness (QED) is 0.584. The van der Waals surface area contributed by atoms with Crippen LogP contribution in [0.5, 0.6) is 0 Å². The number of hydroxylamine groups is 2. The fraction of sp³-hybridized carbons (Fsp3) is 0.833. The predicted octanol–water partition coefficient (Wildman–Crippen LogP) is 1.13. The monoisotopic (exact) mass is 145 g/mol. The first-order valence-electron chi connectivity index (χ1n) is 3.39. The lowest BCUT2D eigenvalue weighted by molar-refractivity contribution is -0.148. The van der Waals surface area contributed by atoms with Crippen molar-refractivity contribution >= 4 is 6.09 Å². The molecule has 1 atom stereocenters. The first-order chi connectivity index (χ1) is 4.74. The second kappa shape index (κ2) is 2.88. The summed E-state index contributed by atoms with van der Waals surface area (Å²) in [5, 5.41) is 1.24. The molecule has 0 N–H and O–H groups in total. The minimum absolute atomic E-state index is 0.380. The van der Waals surface area contributed by atoms with Crippen molar-refractivity contribution in [2.24, 2.45) is 0 Å². The van der Waals surface area contributed by atoms with Crippen molar-refractivity contribution in [1.82, 2.24) is 5.06 Å². The average molecular weight is 145 g/mol. The summed E-state index contributed by atoms with van der Waals surface area (Å²) in [6.07, 6.45) is 0.0790. The third-order valence-electron chi connectivity index (χ3n) is 1.17. The Balaban J connectivity index is 2.39. The number of cyclic esters (lactones) is 1. The van der Waals surface area contributed by atoms with Crippen molar-refractivity contribution in [2.45, 2.75) is 26.6 Å². The Labute approximate surface area is 59.7 Å². The van der Waals surface area contributed by atoms with E-state index in [1.54, 1.807) is 6.92 Å². The minimum atomic E-state index is -0.418. The number of ether oxygens (including phenoxy) is 1. The number of hydrogen-bond acceptors (Lipinski definition) is 3. The molecule has 4 heteroatoms. The first kappa shape index (κ1) is 7.34. The maximum atomic E-state index is 10.8. The third kappa shape index (κ3) is 1.39. The van der Waals surface area contributed by atoms with E-state index in [2.05, 4.69) is 0 Å². The van der Waals surface area contributed by atoms with Gasteiger partial charge in [-0.3, -0.25) is 0 Å². The van der Waals surface area contributed by atoms with Gasteiger partial charge in [0.05, 0.1) is 6.54 Å². The molecule has 1 saturated heterocycles. The molecule has 4 nitrogen and oxygen atoms in total. The highest BCUT2D eigenvalue weighted by atomic mass is 16.9. The summed E-state index contributed by atoms with van der Waals surface area (Å²) in [5.41, 5.74) is 0. The van der Waals surface area contributed by atoms with Crippen molar-refractivity contribution in [2.75, 3.05) is 6.54 Å². The fourth-order valence-corrected chi connectivity index (χ4v) is 0.792. The standard InChI is InChI=1S/C6H11NO3/c1-3-4-7-6(8)9-5(2)10-7/h5H,3-4H2,1-2H3. The van der Waals surface area contributed by atoms with E-state index < -0.39 is 6.29 Å². The fourth-order valence-electron chi connectivity index (χ4n) is 0.792. The maximum Gasteiger partial charge on any atom is 0.436 e. The second-order valence-electron chi connectivity index (χ2n) is 2.16. The van der Waals surface area contributed by atoms with Crippen LogP contribution in [0.2, 0.25) is 0 Å². The highest BCUT2D eigenvalue weighted by Gasteiger charge is 2.28. The van der Waals surface area contributed by atoms with Crippen LogP contribution in [-0.4, -0.2) is 24.0 Å². The molecule has 1 unspecified atom stereocenters. The molecule has 1 heterocycles. The Morgan fingerprint density at radius 1 is 1.70 bits per heavy atom. The van der Waals surface area contributed by atoms with Crippen molar-refractivity contribution in [3.8, 4) is 0 Å². The molecule has 0 aromatic carbocycles. The Kier molecular flexibility index (Phi) is 2.11. The molecule has 1 aliphatic heterocycles. The highest BCUT2D eigenvalue weighted by molar-refractivity contribution is 5.67. The largest absolute Gasteiger partial charge is 0.436 e. The van der Waals surface area contributed by atoms with Crippen LogP contribution < -0.4 is 0 Å².